The van der Waals surface area contributed by atoms with Crippen LogP contribution in [0.15, 0.2) is 59.4 Å². The van der Waals surface area contributed by atoms with Gasteiger partial charge >= 0.3 is 0 Å². The Morgan fingerprint density at radius 2 is 1.76 bits per heavy atom. The Morgan fingerprint density at radius 1 is 1.03 bits per heavy atom. The van der Waals surface area contributed by atoms with E-state index in [2.05, 4.69) is 52.9 Å². The van der Waals surface area contributed by atoms with Crippen molar-refractivity contribution in [3.63, 3.8) is 0 Å². The number of anilines is 1. The van der Waals surface area contributed by atoms with Crippen LogP contribution in [0.5, 0.6) is 0 Å². The number of hydrogen-bond donors (Lipinski definition) is 1. The summed E-state index contributed by atoms with van der Waals surface area (Å²) in [6, 6.07) is 18.6. The largest absolute Gasteiger partial charge is 0.372 e. The molecule has 0 atom stereocenters. The van der Waals surface area contributed by atoms with Crippen molar-refractivity contribution in [2.24, 2.45) is 0 Å². The molecule has 1 aliphatic heterocycles. The van der Waals surface area contributed by atoms with Gasteiger partial charge in [-0.25, -0.2) is 4.98 Å². The van der Waals surface area contributed by atoms with Crippen molar-refractivity contribution < 1.29 is 0 Å². The highest BCUT2D eigenvalue weighted by atomic mass is 16.1. The average molecular weight is 389 g/mol. The van der Waals surface area contributed by atoms with E-state index in [1.165, 1.54) is 11.3 Å². The maximum Gasteiger partial charge on any atom is 0.255 e. The van der Waals surface area contributed by atoms with Crippen LogP contribution >= 0.6 is 0 Å². The number of aromatic nitrogens is 2. The first-order valence-corrected chi connectivity index (χ1v) is 10.4. The normalized spacial score (nSPS) is 13.9. The lowest BCUT2D eigenvalue weighted by Gasteiger charge is -2.28. The van der Waals surface area contributed by atoms with Gasteiger partial charge in [0.05, 0.1) is 11.3 Å². The third-order valence-corrected chi connectivity index (χ3v) is 5.67. The van der Waals surface area contributed by atoms with Crippen molar-refractivity contribution in [3.05, 3.63) is 81.8 Å². The van der Waals surface area contributed by atoms with E-state index in [1.54, 1.807) is 0 Å². The first kappa shape index (κ1) is 19.4. The van der Waals surface area contributed by atoms with Crippen LogP contribution < -0.4 is 10.5 Å². The van der Waals surface area contributed by atoms with Crippen LogP contribution in [0.1, 0.15) is 30.7 Å². The highest BCUT2D eigenvalue weighted by Crippen LogP contribution is 2.21. The molecule has 0 saturated carbocycles. The topological polar surface area (TPSA) is 52.2 Å². The van der Waals surface area contributed by atoms with Crippen molar-refractivity contribution >= 4 is 5.69 Å². The minimum Gasteiger partial charge on any atom is -0.372 e. The molecule has 0 radical (unpaired) electrons. The van der Waals surface area contributed by atoms with E-state index in [4.69, 9.17) is 4.98 Å². The van der Waals surface area contributed by atoms with E-state index in [0.29, 0.717) is 12.4 Å². The molecule has 4 rings (SSSR count). The smallest absolute Gasteiger partial charge is 0.255 e. The van der Waals surface area contributed by atoms with Crippen LogP contribution in [0.25, 0.3) is 11.4 Å². The summed E-state index contributed by atoms with van der Waals surface area (Å²) in [7, 11) is 0. The average Bonchev–Trinajstić information content (AvgIpc) is 2.77. The van der Waals surface area contributed by atoms with Gasteiger partial charge in [0.15, 0.2) is 0 Å². The highest BCUT2D eigenvalue weighted by Gasteiger charge is 2.21. The maximum absolute atomic E-state index is 12.7. The molecular weight excluding hydrogens is 360 g/mol. The number of nitrogens with one attached hydrogen (secondary N) is 1. The maximum atomic E-state index is 12.7. The van der Waals surface area contributed by atoms with Gasteiger partial charge in [0.1, 0.15) is 5.82 Å². The molecule has 150 valence electrons. The molecule has 3 aromatic rings. The number of benzene rings is 2. The zero-order valence-electron chi connectivity index (χ0n) is 17.2. The molecule has 0 amide bonds. The van der Waals surface area contributed by atoms with Crippen molar-refractivity contribution in [1.29, 1.82) is 0 Å². The fourth-order valence-electron chi connectivity index (χ4n) is 4.01. The minimum atomic E-state index is -0.0181. The van der Waals surface area contributed by atoms with E-state index < -0.39 is 0 Å². The second-order valence-corrected chi connectivity index (χ2v) is 7.51. The molecule has 0 spiro atoms. The fraction of sp³-hybridized carbons (Fsp3) is 0.333. The number of aromatic amines is 1. The number of nitrogens with zero attached hydrogens (tertiary/aromatic N) is 3. The molecule has 5 nitrogen and oxygen atoms in total. The van der Waals surface area contributed by atoms with Crippen molar-refractivity contribution in [3.8, 4) is 11.4 Å². The Labute approximate surface area is 172 Å². The van der Waals surface area contributed by atoms with Crippen molar-refractivity contribution in [2.75, 3.05) is 24.5 Å². The second-order valence-electron chi connectivity index (χ2n) is 7.51. The monoisotopic (exact) mass is 388 g/mol. The third kappa shape index (κ3) is 4.25. The lowest BCUT2D eigenvalue weighted by molar-refractivity contribution is 0.242. The van der Waals surface area contributed by atoms with Crippen molar-refractivity contribution in [1.82, 2.24) is 14.9 Å². The molecule has 0 unspecified atom stereocenters. The number of H-pyrrole nitrogens is 1. The van der Waals surface area contributed by atoms with Crippen LogP contribution in [-0.4, -0.2) is 34.5 Å². The summed E-state index contributed by atoms with van der Waals surface area (Å²) in [5, 5.41) is 0. The van der Waals surface area contributed by atoms with Gasteiger partial charge in [-0.05, 0) is 31.5 Å². The molecule has 29 heavy (non-hydrogen) atoms. The predicted molar refractivity (Wildman–Crippen MR) is 118 cm³/mol. The van der Waals surface area contributed by atoms with Gasteiger partial charge in [0.25, 0.3) is 5.56 Å². The SMILES string of the molecule is CCN(CC)c1ccc(CN2CCc3nc(-c4ccccc4)[nH]c(=O)c3C2)cc1. The number of hydrogen-bond acceptors (Lipinski definition) is 4. The van der Waals surface area contributed by atoms with Crippen molar-refractivity contribution in [2.45, 2.75) is 33.4 Å². The summed E-state index contributed by atoms with van der Waals surface area (Å²) < 4.78 is 0. The van der Waals surface area contributed by atoms with Crippen LogP contribution in [0.3, 0.4) is 0 Å². The standard InChI is InChI=1S/C24H28N4O/c1-3-28(4-2)20-12-10-18(11-13-20)16-27-15-14-22-21(17-27)24(29)26-23(25-22)19-8-6-5-7-9-19/h5-13H,3-4,14-17H2,1-2H3,(H,25,26,29). The Bertz CT molecular complexity index is 1010. The van der Waals surface area contributed by atoms with Gasteiger partial charge in [-0.1, -0.05) is 42.5 Å². The molecule has 1 N–H and O–H groups in total. The van der Waals surface area contributed by atoms with E-state index in [-0.39, 0.29) is 5.56 Å². The van der Waals surface area contributed by atoms with Crippen LogP contribution in [0, 0.1) is 0 Å². The summed E-state index contributed by atoms with van der Waals surface area (Å²) in [5.74, 6) is 0.662. The zero-order chi connectivity index (χ0) is 20.2. The summed E-state index contributed by atoms with van der Waals surface area (Å²) >= 11 is 0. The second kappa shape index (κ2) is 8.62. The molecule has 1 aliphatic rings. The van der Waals surface area contributed by atoms with Gasteiger partial charge in [-0.3, -0.25) is 9.69 Å². The predicted octanol–water partition coefficient (Wildman–Crippen LogP) is 3.84. The quantitative estimate of drug-likeness (QED) is 0.697. The Balaban J connectivity index is 1.48. The first-order valence-electron chi connectivity index (χ1n) is 10.4. The van der Waals surface area contributed by atoms with Gasteiger partial charge in [-0.15, -0.1) is 0 Å². The molecule has 0 aliphatic carbocycles. The highest BCUT2D eigenvalue weighted by molar-refractivity contribution is 5.54. The Morgan fingerprint density at radius 3 is 2.45 bits per heavy atom. The molecular formula is C24H28N4O. The molecule has 0 fully saturated rings. The molecule has 2 aromatic carbocycles. The van der Waals surface area contributed by atoms with Gasteiger partial charge in [0, 0.05) is 50.4 Å². The Hall–Kier alpha value is -2.92. The van der Waals surface area contributed by atoms with Gasteiger partial charge < -0.3 is 9.88 Å². The summed E-state index contributed by atoms with van der Waals surface area (Å²) in [5.41, 5.74) is 5.20. The molecule has 0 saturated heterocycles. The van der Waals surface area contributed by atoms with Crippen LogP contribution in [0.4, 0.5) is 5.69 Å². The van der Waals surface area contributed by atoms with Crippen LogP contribution in [-0.2, 0) is 19.5 Å². The van der Waals surface area contributed by atoms with Crippen LogP contribution in [0.2, 0.25) is 0 Å². The van der Waals surface area contributed by atoms with Gasteiger partial charge in [0.2, 0.25) is 0 Å². The van der Waals surface area contributed by atoms with E-state index in [9.17, 15) is 4.79 Å². The van der Waals surface area contributed by atoms with E-state index in [1.807, 2.05) is 30.3 Å². The molecule has 0 bridgehead atoms. The summed E-state index contributed by atoms with van der Waals surface area (Å²) in [6.45, 7) is 8.78. The third-order valence-electron chi connectivity index (χ3n) is 5.67. The Kier molecular flexibility index (Phi) is 5.76. The van der Waals surface area contributed by atoms with E-state index >= 15 is 0 Å². The number of rotatable bonds is 6. The fourth-order valence-corrected chi connectivity index (χ4v) is 4.01. The lowest BCUT2D eigenvalue weighted by atomic mass is 10.1. The summed E-state index contributed by atoms with van der Waals surface area (Å²) in [6.07, 6.45) is 0.802. The minimum absolute atomic E-state index is 0.0181. The number of fused-ring (bicyclic) bond motifs is 1. The molecule has 5 heteroatoms. The van der Waals surface area contributed by atoms with E-state index in [0.717, 1.165) is 49.4 Å². The zero-order valence-corrected chi connectivity index (χ0v) is 17.2. The first-order chi connectivity index (χ1) is 14.2. The lowest BCUT2D eigenvalue weighted by Crippen LogP contribution is -2.35. The molecule has 1 aromatic heterocycles. The molecule has 2 heterocycles. The van der Waals surface area contributed by atoms with Gasteiger partial charge in [-0.2, -0.15) is 0 Å². The summed E-state index contributed by atoms with van der Waals surface area (Å²) in [4.78, 5) is 25.1.